The molecule has 0 radical (unpaired) electrons. The second-order valence-corrected chi connectivity index (χ2v) is 5.44. The van der Waals surface area contributed by atoms with E-state index < -0.39 is 0 Å². The number of hydrogen-bond donors (Lipinski definition) is 1. The van der Waals surface area contributed by atoms with Gasteiger partial charge < -0.3 is 5.32 Å². The zero-order chi connectivity index (χ0) is 15.2. The van der Waals surface area contributed by atoms with Crippen molar-refractivity contribution in [1.29, 1.82) is 0 Å². The average molecular weight is 304 g/mol. The molecule has 0 saturated carbocycles. The van der Waals surface area contributed by atoms with Gasteiger partial charge in [0.05, 0.1) is 4.91 Å². The Labute approximate surface area is 127 Å². The lowest BCUT2D eigenvalue weighted by molar-refractivity contribution is -0.124. The molecule has 3 amide bonds. The zero-order valence-corrected chi connectivity index (χ0v) is 12.5. The van der Waals surface area contributed by atoms with Crippen LogP contribution in [0.15, 0.2) is 35.2 Å². The molecule has 0 spiro atoms. The molecule has 1 saturated heterocycles. The highest BCUT2D eigenvalue weighted by atomic mass is 32.2. The molecule has 1 fully saturated rings. The van der Waals surface area contributed by atoms with Crippen molar-refractivity contribution in [3.8, 4) is 0 Å². The molecule has 0 unspecified atom stereocenters. The molecule has 5 nitrogen and oxygen atoms in total. The normalized spacial score (nSPS) is 16.6. The molecule has 1 N–H and O–H groups in total. The summed E-state index contributed by atoms with van der Waals surface area (Å²) in [4.78, 5) is 36.7. The van der Waals surface area contributed by atoms with Crippen LogP contribution in [0.1, 0.15) is 18.9 Å². The minimum absolute atomic E-state index is 0.0956. The summed E-state index contributed by atoms with van der Waals surface area (Å²) in [6, 6.07) is 9.37. The Kier molecular flexibility index (Phi) is 5.16. The van der Waals surface area contributed by atoms with Crippen molar-refractivity contribution in [2.75, 3.05) is 13.1 Å². The van der Waals surface area contributed by atoms with Crippen LogP contribution in [-0.4, -0.2) is 35.0 Å². The number of hydrogen-bond acceptors (Lipinski definition) is 4. The first-order valence-electron chi connectivity index (χ1n) is 6.69. The SMILES string of the molecule is CCC(=O)NCCN1C(=O)S/C(=C/c2ccccc2)C1=O. The van der Waals surface area contributed by atoms with E-state index in [1.54, 1.807) is 13.0 Å². The third kappa shape index (κ3) is 3.95. The second-order valence-electron chi connectivity index (χ2n) is 4.45. The number of carbonyl (C=O) groups excluding carboxylic acids is 3. The minimum Gasteiger partial charge on any atom is -0.354 e. The van der Waals surface area contributed by atoms with Crippen molar-refractivity contribution < 1.29 is 14.4 Å². The molecule has 110 valence electrons. The predicted molar refractivity (Wildman–Crippen MR) is 82.4 cm³/mol. The van der Waals surface area contributed by atoms with Gasteiger partial charge in [0.2, 0.25) is 5.91 Å². The molecule has 1 aliphatic heterocycles. The molecule has 0 aromatic heterocycles. The van der Waals surface area contributed by atoms with Crippen molar-refractivity contribution in [1.82, 2.24) is 10.2 Å². The molecule has 2 rings (SSSR count). The molecular weight excluding hydrogens is 288 g/mol. The Morgan fingerprint density at radius 3 is 2.67 bits per heavy atom. The minimum atomic E-state index is -0.306. The number of rotatable bonds is 5. The fourth-order valence-corrected chi connectivity index (χ4v) is 2.69. The van der Waals surface area contributed by atoms with Crippen LogP contribution in [0.2, 0.25) is 0 Å². The van der Waals surface area contributed by atoms with Gasteiger partial charge in [-0.05, 0) is 23.4 Å². The van der Waals surface area contributed by atoms with Crippen LogP contribution in [0.5, 0.6) is 0 Å². The maximum absolute atomic E-state index is 12.2. The molecule has 1 aliphatic rings. The van der Waals surface area contributed by atoms with E-state index in [4.69, 9.17) is 0 Å². The smallest absolute Gasteiger partial charge is 0.293 e. The summed E-state index contributed by atoms with van der Waals surface area (Å²) in [6.45, 7) is 2.23. The number of nitrogens with zero attached hydrogens (tertiary/aromatic N) is 1. The number of nitrogens with one attached hydrogen (secondary N) is 1. The number of benzene rings is 1. The van der Waals surface area contributed by atoms with Crippen LogP contribution in [-0.2, 0) is 9.59 Å². The van der Waals surface area contributed by atoms with Crippen molar-refractivity contribution in [2.24, 2.45) is 0 Å². The summed E-state index contributed by atoms with van der Waals surface area (Å²) in [6.07, 6.45) is 2.09. The van der Waals surface area contributed by atoms with E-state index in [2.05, 4.69) is 5.32 Å². The largest absolute Gasteiger partial charge is 0.354 e. The van der Waals surface area contributed by atoms with Gasteiger partial charge in [0, 0.05) is 19.5 Å². The predicted octanol–water partition coefficient (Wildman–Crippen LogP) is 2.25. The molecule has 0 aliphatic carbocycles. The second kappa shape index (κ2) is 7.08. The summed E-state index contributed by atoms with van der Waals surface area (Å²) in [5.41, 5.74) is 0.877. The maximum atomic E-state index is 12.2. The topological polar surface area (TPSA) is 66.5 Å². The highest BCUT2D eigenvalue weighted by molar-refractivity contribution is 8.18. The van der Waals surface area contributed by atoms with Crippen LogP contribution < -0.4 is 5.32 Å². The fourth-order valence-electron chi connectivity index (χ4n) is 1.83. The monoisotopic (exact) mass is 304 g/mol. The van der Waals surface area contributed by atoms with E-state index in [0.717, 1.165) is 22.2 Å². The van der Waals surface area contributed by atoms with Crippen LogP contribution in [0.3, 0.4) is 0 Å². The first-order chi connectivity index (χ1) is 10.1. The lowest BCUT2D eigenvalue weighted by Gasteiger charge is -2.12. The standard InChI is InChI=1S/C15H16N2O3S/c1-2-13(18)16-8-9-17-14(19)12(21-15(17)20)10-11-6-4-3-5-7-11/h3-7,10H,2,8-9H2,1H3,(H,16,18)/b12-10+. The lowest BCUT2D eigenvalue weighted by Crippen LogP contribution is -2.37. The number of thioether (sulfide) groups is 1. The highest BCUT2D eigenvalue weighted by Crippen LogP contribution is 2.31. The van der Waals surface area contributed by atoms with Crippen LogP contribution >= 0.6 is 11.8 Å². The Balaban J connectivity index is 2.00. The third-order valence-corrected chi connectivity index (χ3v) is 3.86. The third-order valence-electron chi connectivity index (χ3n) is 2.95. The summed E-state index contributed by atoms with van der Waals surface area (Å²) in [7, 11) is 0. The number of amides is 3. The summed E-state index contributed by atoms with van der Waals surface area (Å²) in [5.74, 6) is -0.401. The molecule has 0 atom stereocenters. The van der Waals surface area contributed by atoms with Gasteiger partial charge in [-0.1, -0.05) is 37.3 Å². The quantitative estimate of drug-likeness (QED) is 0.847. The summed E-state index contributed by atoms with van der Waals surface area (Å²) >= 11 is 0.927. The fraction of sp³-hybridized carbons (Fsp3) is 0.267. The molecule has 21 heavy (non-hydrogen) atoms. The Hall–Kier alpha value is -2.08. The van der Waals surface area contributed by atoms with Crippen molar-refractivity contribution in [3.05, 3.63) is 40.8 Å². The number of imide groups is 1. The van der Waals surface area contributed by atoms with Crippen molar-refractivity contribution >= 4 is 34.9 Å². The van der Waals surface area contributed by atoms with Crippen LogP contribution in [0.4, 0.5) is 4.79 Å². The van der Waals surface area contributed by atoms with Gasteiger partial charge in [0.25, 0.3) is 11.1 Å². The van der Waals surface area contributed by atoms with E-state index in [1.807, 2.05) is 30.3 Å². The van der Waals surface area contributed by atoms with Crippen LogP contribution in [0.25, 0.3) is 6.08 Å². The van der Waals surface area contributed by atoms with E-state index >= 15 is 0 Å². The molecule has 1 aromatic rings. The van der Waals surface area contributed by atoms with E-state index in [1.165, 1.54) is 0 Å². The average Bonchev–Trinajstić information content (AvgIpc) is 2.75. The van der Waals surface area contributed by atoms with Gasteiger partial charge in [-0.2, -0.15) is 0 Å². The van der Waals surface area contributed by atoms with Crippen molar-refractivity contribution in [3.63, 3.8) is 0 Å². The summed E-state index contributed by atoms with van der Waals surface area (Å²) in [5, 5.41) is 2.35. The van der Waals surface area contributed by atoms with E-state index in [0.29, 0.717) is 11.3 Å². The molecule has 1 heterocycles. The Morgan fingerprint density at radius 2 is 2.00 bits per heavy atom. The molecule has 1 aromatic carbocycles. The van der Waals surface area contributed by atoms with Gasteiger partial charge in [-0.25, -0.2) is 0 Å². The van der Waals surface area contributed by atoms with E-state index in [-0.39, 0.29) is 30.1 Å². The van der Waals surface area contributed by atoms with Crippen LogP contribution in [0, 0.1) is 0 Å². The first kappa shape index (κ1) is 15.3. The molecule has 0 bridgehead atoms. The zero-order valence-electron chi connectivity index (χ0n) is 11.7. The highest BCUT2D eigenvalue weighted by Gasteiger charge is 2.34. The lowest BCUT2D eigenvalue weighted by atomic mass is 10.2. The summed E-state index contributed by atoms with van der Waals surface area (Å²) < 4.78 is 0. The molecular formula is C15H16N2O3S. The first-order valence-corrected chi connectivity index (χ1v) is 7.50. The van der Waals surface area contributed by atoms with Gasteiger partial charge >= 0.3 is 0 Å². The van der Waals surface area contributed by atoms with Gasteiger partial charge in [0.1, 0.15) is 0 Å². The Morgan fingerprint density at radius 1 is 1.29 bits per heavy atom. The number of carbonyl (C=O) groups is 3. The Bertz CT molecular complexity index is 584. The maximum Gasteiger partial charge on any atom is 0.293 e. The molecule has 6 heteroatoms. The van der Waals surface area contributed by atoms with E-state index in [9.17, 15) is 14.4 Å². The van der Waals surface area contributed by atoms with Gasteiger partial charge in [-0.3, -0.25) is 19.3 Å². The van der Waals surface area contributed by atoms with Crippen molar-refractivity contribution in [2.45, 2.75) is 13.3 Å². The van der Waals surface area contributed by atoms with Gasteiger partial charge in [-0.15, -0.1) is 0 Å². The van der Waals surface area contributed by atoms with Gasteiger partial charge in [0.15, 0.2) is 0 Å².